The summed E-state index contributed by atoms with van der Waals surface area (Å²) < 4.78 is 11.0. The molecule has 3 aromatic rings. The van der Waals surface area contributed by atoms with Crippen molar-refractivity contribution in [2.24, 2.45) is 0 Å². The first kappa shape index (κ1) is 24.2. The summed E-state index contributed by atoms with van der Waals surface area (Å²) in [6, 6.07) is 31.3. The van der Waals surface area contributed by atoms with Crippen molar-refractivity contribution in [2.45, 2.75) is 13.8 Å². The number of hydrogen-bond donors (Lipinski definition) is 0. The number of anilines is 2. The van der Waals surface area contributed by atoms with E-state index in [1.165, 1.54) is 0 Å². The standard InChI is InChI=1S/C30H33NO2/c1-4-33-23-21-27(26-14-8-5-9-15-26)24-30(25(2)20-22-32-3)31(28-16-10-6-11-17-28)29-18-12-7-13-19-29/h5-21,24H,4,22-23H2,1-3H3/b25-20+,27-21-,30-24+. The second-order valence-electron chi connectivity index (χ2n) is 7.56. The molecular formula is C30H33NO2. The van der Waals surface area contributed by atoms with E-state index in [-0.39, 0.29) is 0 Å². The van der Waals surface area contributed by atoms with Crippen LogP contribution in [0.2, 0.25) is 0 Å². The van der Waals surface area contributed by atoms with E-state index in [4.69, 9.17) is 9.47 Å². The molecule has 0 saturated carbocycles. The van der Waals surface area contributed by atoms with Crippen LogP contribution in [0.5, 0.6) is 0 Å². The molecule has 0 radical (unpaired) electrons. The van der Waals surface area contributed by atoms with Crippen LogP contribution in [0.1, 0.15) is 19.4 Å². The van der Waals surface area contributed by atoms with Crippen LogP contribution < -0.4 is 4.90 Å². The van der Waals surface area contributed by atoms with Gasteiger partial charge >= 0.3 is 0 Å². The predicted molar refractivity (Wildman–Crippen MR) is 140 cm³/mol. The molecular weight excluding hydrogens is 406 g/mol. The Bertz CT molecular complexity index is 1010. The molecule has 0 saturated heterocycles. The van der Waals surface area contributed by atoms with Gasteiger partial charge in [0.15, 0.2) is 0 Å². The Morgan fingerprint density at radius 1 is 0.758 bits per heavy atom. The van der Waals surface area contributed by atoms with Crippen molar-refractivity contribution >= 4 is 16.9 Å². The summed E-state index contributed by atoms with van der Waals surface area (Å²) in [5.41, 5.74) is 6.66. The third-order valence-corrected chi connectivity index (χ3v) is 5.25. The molecule has 0 heterocycles. The summed E-state index contributed by atoms with van der Waals surface area (Å²) in [7, 11) is 1.72. The summed E-state index contributed by atoms with van der Waals surface area (Å²) >= 11 is 0. The molecule has 170 valence electrons. The topological polar surface area (TPSA) is 21.7 Å². The highest BCUT2D eigenvalue weighted by molar-refractivity contribution is 5.80. The average Bonchev–Trinajstić information content (AvgIpc) is 2.88. The predicted octanol–water partition coefficient (Wildman–Crippen LogP) is 7.42. The van der Waals surface area contributed by atoms with E-state index in [2.05, 4.69) is 103 Å². The van der Waals surface area contributed by atoms with E-state index in [1.807, 2.05) is 25.1 Å². The number of methoxy groups -OCH3 is 1. The third kappa shape index (κ3) is 7.04. The van der Waals surface area contributed by atoms with Gasteiger partial charge in [0.05, 0.1) is 13.2 Å². The van der Waals surface area contributed by atoms with E-state index < -0.39 is 0 Å². The van der Waals surface area contributed by atoms with E-state index in [1.54, 1.807) is 7.11 Å². The lowest BCUT2D eigenvalue weighted by atomic mass is 10.0. The second kappa shape index (κ2) is 13.2. The zero-order valence-corrected chi connectivity index (χ0v) is 19.8. The number of allylic oxidation sites excluding steroid dienone is 3. The lowest BCUT2D eigenvalue weighted by Crippen LogP contribution is -2.18. The molecule has 3 rings (SSSR count). The Balaban J connectivity index is 2.21. The quantitative estimate of drug-likeness (QED) is 0.229. The Morgan fingerprint density at radius 3 is 1.82 bits per heavy atom. The molecule has 0 aromatic heterocycles. The zero-order chi connectivity index (χ0) is 23.3. The summed E-state index contributed by atoms with van der Waals surface area (Å²) in [6.07, 6.45) is 6.52. The van der Waals surface area contributed by atoms with Gasteiger partial charge in [-0.25, -0.2) is 0 Å². The van der Waals surface area contributed by atoms with Crippen molar-refractivity contribution < 1.29 is 9.47 Å². The smallest absolute Gasteiger partial charge is 0.0656 e. The van der Waals surface area contributed by atoms with E-state index >= 15 is 0 Å². The van der Waals surface area contributed by atoms with Gasteiger partial charge in [0.1, 0.15) is 0 Å². The fourth-order valence-electron chi connectivity index (χ4n) is 3.55. The van der Waals surface area contributed by atoms with Gasteiger partial charge in [-0.15, -0.1) is 0 Å². The van der Waals surface area contributed by atoms with Crippen molar-refractivity contribution in [3.63, 3.8) is 0 Å². The fraction of sp³-hybridized carbons (Fsp3) is 0.200. The molecule has 0 aliphatic carbocycles. The van der Waals surface area contributed by atoms with E-state index in [0.717, 1.165) is 33.8 Å². The van der Waals surface area contributed by atoms with Gasteiger partial charge in [0.2, 0.25) is 0 Å². The maximum absolute atomic E-state index is 5.67. The molecule has 0 bridgehead atoms. The number of nitrogens with zero attached hydrogens (tertiary/aromatic N) is 1. The van der Waals surface area contributed by atoms with Gasteiger partial charge < -0.3 is 14.4 Å². The highest BCUT2D eigenvalue weighted by Crippen LogP contribution is 2.34. The summed E-state index contributed by atoms with van der Waals surface area (Å²) in [4.78, 5) is 2.29. The minimum atomic E-state index is 0.546. The first-order valence-corrected chi connectivity index (χ1v) is 11.4. The molecule has 0 aliphatic heterocycles. The van der Waals surface area contributed by atoms with Crippen LogP contribution in [0.4, 0.5) is 11.4 Å². The zero-order valence-electron chi connectivity index (χ0n) is 19.8. The molecule has 3 aromatic carbocycles. The molecule has 33 heavy (non-hydrogen) atoms. The van der Waals surface area contributed by atoms with Crippen LogP contribution in [0.3, 0.4) is 0 Å². The van der Waals surface area contributed by atoms with Crippen molar-refractivity contribution in [3.8, 4) is 0 Å². The third-order valence-electron chi connectivity index (χ3n) is 5.25. The van der Waals surface area contributed by atoms with Crippen molar-refractivity contribution in [3.05, 3.63) is 126 Å². The fourth-order valence-corrected chi connectivity index (χ4v) is 3.55. The Hall–Kier alpha value is -3.40. The maximum atomic E-state index is 5.67. The number of rotatable bonds is 11. The van der Waals surface area contributed by atoms with Crippen LogP contribution in [-0.4, -0.2) is 26.9 Å². The Morgan fingerprint density at radius 2 is 1.30 bits per heavy atom. The van der Waals surface area contributed by atoms with Crippen LogP contribution in [0, 0.1) is 0 Å². The van der Waals surface area contributed by atoms with Crippen molar-refractivity contribution in [1.82, 2.24) is 0 Å². The molecule has 0 atom stereocenters. The molecule has 0 aliphatic rings. The maximum Gasteiger partial charge on any atom is 0.0656 e. The molecule has 0 amide bonds. The van der Waals surface area contributed by atoms with Gasteiger partial charge in [-0.1, -0.05) is 78.9 Å². The minimum absolute atomic E-state index is 0.546. The average molecular weight is 440 g/mol. The van der Waals surface area contributed by atoms with Crippen molar-refractivity contribution in [2.75, 3.05) is 31.8 Å². The highest BCUT2D eigenvalue weighted by Gasteiger charge is 2.17. The van der Waals surface area contributed by atoms with Crippen LogP contribution in [-0.2, 0) is 9.47 Å². The SMILES string of the molecule is CCOC/C=C(/C=C(\C(C)=C\COC)N(c1ccccc1)c1ccccc1)c1ccccc1. The number of ether oxygens (including phenoxy) is 2. The van der Waals surface area contributed by atoms with Crippen molar-refractivity contribution in [1.29, 1.82) is 0 Å². The summed E-state index contributed by atoms with van der Waals surface area (Å²) in [5.74, 6) is 0. The van der Waals surface area contributed by atoms with E-state index in [0.29, 0.717) is 19.8 Å². The van der Waals surface area contributed by atoms with E-state index in [9.17, 15) is 0 Å². The molecule has 0 spiro atoms. The second-order valence-corrected chi connectivity index (χ2v) is 7.56. The normalized spacial score (nSPS) is 12.6. The van der Waals surface area contributed by atoms with Crippen LogP contribution >= 0.6 is 0 Å². The van der Waals surface area contributed by atoms with Crippen LogP contribution in [0.25, 0.3) is 5.57 Å². The summed E-state index contributed by atoms with van der Waals surface area (Å²) in [5, 5.41) is 0. The van der Waals surface area contributed by atoms with Gasteiger partial charge in [0.25, 0.3) is 0 Å². The largest absolute Gasteiger partial charge is 0.381 e. The number of para-hydroxylation sites is 2. The van der Waals surface area contributed by atoms with Gasteiger partial charge in [-0.05, 0) is 60.9 Å². The minimum Gasteiger partial charge on any atom is -0.381 e. The number of benzene rings is 3. The van der Waals surface area contributed by atoms with Gasteiger partial charge in [-0.2, -0.15) is 0 Å². The molecule has 0 fully saturated rings. The van der Waals surface area contributed by atoms with Crippen LogP contribution in [0.15, 0.2) is 120 Å². The summed E-state index contributed by atoms with van der Waals surface area (Å²) in [6.45, 7) is 5.93. The van der Waals surface area contributed by atoms with Gasteiger partial charge in [0, 0.05) is 30.8 Å². The molecule has 3 nitrogen and oxygen atoms in total. The molecule has 0 N–H and O–H groups in total. The van der Waals surface area contributed by atoms with Gasteiger partial charge in [-0.3, -0.25) is 0 Å². The molecule has 3 heteroatoms. The first-order valence-electron chi connectivity index (χ1n) is 11.4. The monoisotopic (exact) mass is 439 g/mol. The lowest BCUT2D eigenvalue weighted by molar-refractivity contribution is 0.178. The number of hydrogen-bond acceptors (Lipinski definition) is 3. The Kier molecular flexibility index (Phi) is 9.71. The lowest BCUT2D eigenvalue weighted by Gasteiger charge is -2.29. The first-order chi connectivity index (χ1) is 16.2. The highest BCUT2D eigenvalue weighted by atomic mass is 16.5. The molecule has 0 unspecified atom stereocenters. The Labute approximate surface area is 198 Å².